The van der Waals surface area contributed by atoms with Crippen LogP contribution in [0.5, 0.6) is 5.75 Å². The molecule has 0 aliphatic heterocycles. The molecule has 0 aliphatic rings. The summed E-state index contributed by atoms with van der Waals surface area (Å²) >= 11 is 0. The van der Waals surface area contributed by atoms with E-state index in [9.17, 15) is 18.3 Å². The van der Waals surface area contributed by atoms with E-state index in [4.69, 9.17) is 4.74 Å². The number of quaternary nitrogens is 1. The van der Waals surface area contributed by atoms with Crippen molar-refractivity contribution in [2.24, 2.45) is 0 Å². The SMILES string of the molecule is CC(C)(C)c1ccc(OC[C@@H](O)C[NH2+]CCNc2nccc(C(F)(F)F)n2)cc1. The lowest BCUT2D eigenvalue weighted by Crippen LogP contribution is -2.87. The smallest absolute Gasteiger partial charge is 0.433 e. The number of anilines is 1. The fourth-order valence-corrected chi connectivity index (χ4v) is 2.51. The Balaban J connectivity index is 1.64. The van der Waals surface area contributed by atoms with Crippen molar-refractivity contribution in [3.8, 4) is 5.75 Å². The number of nitrogens with zero attached hydrogens (tertiary/aromatic N) is 2. The molecule has 0 radical (unpaired) electrons. The number of aliphatic hydroxyl groups is 1. The van der Waals surface area contributed by atoms with Crippen LogP contribution in [0.3, 0.4) is 0 Å². The molecule has 0 saturated carbocycles. The minimum Gasteiger partial charge on any atom is -0.491 e. The minimum absolute atomic E-state index is 0.0696. The van der Waals surface area contributed by atoms with E-state index in [0.717, 1.165) is 12.3 Å². The average Bonchev–Trinajstić information content (AvgIpc) is 2.65. The number of rotatable bonds is 9. The fraction of sp³-hybridized carbons (Fsp3) is 0.500. The summed E-state index contributed by atoms with van der Waals surface area (Å²) in [6.07, 6.45) is -4.10. The zero-order valence-corrected chi connectivity index (χ0v) is 16.8. The van der Waals surface area contributed by atoms with E-state index in [-0.39, 0.29) is 18.0 Å². The Morgan fingerprint density at radius 2 is 1.83 bits per heavy atom. The van der Waals surface area contributed by atoms with E-state index >= 15 is 0 Å². The summed E-state index contributed by atoms with van der Waals surface area (Å²) < 4.78 is 43.4. The molecule has 1 atom stereocenters. The first-order valence-corrected chi connectivity index (χ1v) is 9.43. The molecule has 0 fully saturated rings. The van der Waals surface area contributed by atoms with Crippen LogP contribution in [-0.4, -0.2) is 47.4 Å². The quantitative estimate of drug-likeness (QED) is 0.549. The van der Waals surface area contributed by atoms with Crippen molar-refractivity contribution in [2.75, 3.05) is 31.6 Å². The first kappa shape index (κ1) is 22.9. The predicted octanol–water partition coefficient (Wildman–Crippen LogP) is 2.21. The highest BCUT2D eigenvalue weighted by molar-refractivity contribution is 5.31. The molecule has 6 nitrogen and oxygen atoms in total. The van der Waals surface area contributed by atoms with Gasteiger partial charge < -0.3 is 20.5 Å². The van der Waals surface area contributed by atoms with Crippen LogP contribution < -0.4 is 15.4 Å². The lowest BCUT2D eigenvalue weighted by atomic mass is 9.87. The average molecular weight is 413 g/mol. The van der Waals surface area contributed by atoms with Gasteiger partial charge in [-0.15, -0.1) is 0 Å². The molecular formula is C20H28F3N4O2+. The molecule has 1 heterocycles. The van der Waals surface area contributed by atoms with E-state index in [2.05, 4.69) is 36.1 Å². The Bertz CT molecular complexity index is 762. The van der Waals surface area contributed by atoms with E-state index < -0.39 is 18.0 Å². The van der Waals surface area contributed by atoms with Crippen LogP contribution in [0.2, 0.25) is 0 Å². The molecule has 9 heteroatoms. The fourth-order valence-electron chi connectivity index (χ4n) is 2.51. The van der Waals surface area contributed by atoms with E-state index in [1.165, 1.54) is 5.56 Å². The second-order valence-electron chi connectivity index (χ2n) is 7.74. The molecule has 0 aliphatic carbocycles. The van der Waals surface area contributed by atoms with Crippen LogP contribution in [0.1, 0.15) is 32.0 Å². The van der Waals surface area contributed by atoms with Crippen molar-refractivity contribution in [2.45, 2.75) is 38.5 Å². The van der Waals surface area contributed by atoms with Crippen molar-refractivity contribution in [1.29, 1.82) is 0 Å². The van der Waals surface area contributed by atoms with E-state index in [1.807, 2.05) is 29.6 Å². The summed E-state index contributed by atoms with van der Waals surface area (Å²) in [7, 11) is 0. The van der Waals surface area contributed by atoms with Crippen LogP contribution in [0.25, 0.3) is 0 Å². The molecule has 0 amide bonds. The normalized spacial score (nSPS) is 13.2. The summed E-state index contributed by atoms with van der Waals surface area (Å²) in [5.74, 6) is 0.622. The minimum atomic E-state index is -4.50. The van der Waals surface area contributed by atoms with E-state index in [0.29, 0.717) is 25.4 Å². The largest absolute Gasteiger partial charge is 0.491 e. The summed E-state index contributed by atoms with van der Waals surface area (Å²) in [6.45, 7) is 7.88. The number of nitrogens with one attached hydrogen (secondary N) is 1. The van der Waals surface area contributed by atoms with Crippen molar-refractivity contribution in [1.82, 2.24) is 9.97 Å². The topological polar surface area (TPSA) is 83.9 Å². The first-order valence-electron chi connectivity index (χ1n) is 9.43. The van der Waals surface area contributed by atoms with Gasteiger partial charge in [0.15, 0.2) is 0 Å². The van der Waals surface area contributed by atoms with Gasteiger partial charge in [-0.2, -0.15) is 13.2 Å². The molecule has 29 heavy (non-hydrogen) atoms. The maximum Gasteiger partial charge on any atom is 0.433 e. The molecule has 160 valence electrons. The Morgan fingerprint density at radius 3 is 2.45 bits per heavy atom. The highest BCUT2D eigenvalue weighted by atomic mass is 19.4. The van der Waals surface area contributed by atoms with E-state index in [1.54, 1.807) is 0 Å². The number of benzene rings is 1. The van der Waals surface area contributed by atoms with Gasteiger partial charge in [0.05, 0.1) is 13.1 Å². The summed E-state index contributed by atoms with van der Waals surface area (Å²) in [4.78, 5) is 7.19. The number of alkyl halides is 3. The van der Waals surface area contributed by atoms with Gasteiger partial charge in [-0.25, -0.2) is 9.97 Å². The zero-order chi connectivity index (χ0) is 21.5. The molecule has 0 spiro atoms. The predicted molar refractivity (Wildman–Crippen MR) is 104 cm³/mol. The number of halogens is 3. The lowest BCUT2D eigenvalue weighted by Gasteiger charge is -2.19. The van der Waals surface area contributed by atoms with Gasteiger partial charge in [-0.1, -0.05) is 32.9 Å². The summed E-state index contributed by atoms with van der Waals surface area (Å²) in [6, 6.07) is 8.61. The van der Waals surface area contributed by atoms with Gasteiger partial charge >= 0.3 is 6.18 Å². The third kappa shape index (κ3) is 7.86. The van der Waals surface area contributed by atoms with Crippen LogP contribution in [0.4, 0.5) is 19.1 Å². The first-order chi connectivity index (χ1) is 13.6. The molecule has 2 rings (SSSR count). The van der Waals surface area contributed by atoms with Gasteiger partial charge in [0.2, 0.25) is 5.95 Å². The highest BCUT2D eigenvalue weighted by Crippen LogP contribution is 2.27. The molecular weight excluding hydrogens is 385 g/mol. The number of hydrogen-bond donors (Lipinski definition) is 3. The summed E-state index contributed by atoms with van der Waals surface area (Å²) in [5.41, 5.74) is 0.290. The van der Waals surface area contributed by atoms with Crippen molar-refractivity contribution in [3.63, 3.8) is 0 Å². The number of ether oxygens (including phenoxy) is 1. The Kier molecular flexibility index (Phi) is 7.80. The van der Waals surface area contributed by atoms with Crippen LogP contribution in [0.15, 0.2) is 36.5 Å². The second kappa shape index (κ2) is 9.89. The number of hydrogen-bond acceptors (Lipinski definition) is 5. The monoisotopic (exact) mass is 413 g/mol. The molecule has 0 saturated heterocycles. The standard InChI is InChI=1S/C20H27F3N4O2/c1-19(2,3)14-4-6-16(7-5-14)29-13-15(28)12-24-10-11-26-18-25-9-8-17(27-18)20(21,22)23/h4-9,15,24,28H,10-13H2,1-3H3,(H,25,26,27)/p+1/t15-/m0/s1. The van der Waals surface area contributed by atoms with Crippen LogP contribution in [-0.2, 0) is 11.6 Å². The molecule has 1 aromatic carbocycles. The van der Waals surface area contributed by atoms with Gasteiger partial charge in [0.1, 0.15) is 30.7 Å². The molecule has 1 aromatic heterocycles. The van der Waals surface area contributed by atoms with Crippen LogP contribution >= 0.6 is 0 Å². The highest BCUT2D eigenvalue weighted by Gasteiger charge is 2.32. The maximum absolute atomic E-state index is 12.6. The summed E-state index contributed by atoms with van der Waals surface area (Å²) in [5, 5.41) is 14.6. The van der Waals surface area contributed by atoms with Crippen LogP contribution in [0, 0.1) is 0 Å². The second-order valence-corrected chi connectivity index (χ2v) is 7.74. The number of aliphatic hydroxyl groups excluding tert-OH is 1. The van der Waals surface area contributed by atoms with Crippen molar-refractivity contribution >= 4 is 5.95 Å². The third-order valence-electron chi connectivity index (χ3n) is 4.18. The molecule has 0 bridgehead atoms. The molecule has 0 unspecified atom stereocenters. The van der Waals surface area contributed by atoms with Gasteiger partial charge in [-0.3, -0.25) is 0 Å². The lowest BCUT2D eigenvalue weighted by molar-refractivity contribution is -0.658. The number of aromatic nitrogens is 2. The Hall–Kier alpha value is -2.39. The van der Waals surface area contributed by atoms with Crippen molar-refractivity contribution < 1.29 is 28.3 Å². The van der Waals surface area contributed by atoms with Gasteiger partial charge in [0.25, 0.3) is 0 Å². The molecule has 2 aromatic rings. The van der Waals surface area contributed by atoms with Gasteiger partial charge in [0, 0.05) is 6.20 Å². The Labute approximate surface area is 168 Å². The maximum atomic E-state index is 12.6. The Morgan fingerprint density at radius 1 is 1.14 bits per heavy atom. The number of nitrogens with two attached hydrogens (primary N) is 1. The zero-order valence-electron chi connectivity index (χ0n) is 16.8. The molecule has 4 N–H and O–H groups in total. The van der Waals surface area contributed by atoms with Crippen molar-refractivity contribution in [3.05, 3.63) is 47.8 Å². The van der Waals surface area contributed by atoms with Gasteiger partial charge in [-0.05, 0) is 29.2 Å². The third-order valence-corrected chi connectivity index (χ3v) is 4.18.